The lowest BCUT2D eigenvalue weighted by atomic mass is 10.2. The Morgan fingerprint density at radius 3 is 2.35 bits per heavy atom. The summed E-state index contributed by atoms with van der Waals surface area (Å²) >= 11 is 0. The maximum Gasteiger partial charge on any atom is 0.257 e. The van der Waals surface area contributed by atoms with Gasteiger partial charge in [0.15, 0.2) is 5.82 Å². The minimum absolute atomic E-state index is 0.0112. The van der Waals surface area contributed by atoms with Crippen molar-refractivity contribution in [2.24, 2.45) is 0 Å². The van der Waals surface area contributed by atoms with Crippen molar-refractivity contribution in [1.29, 1.82) is 0 Å². The molecule has 0 radical (unpaired) electrons. The van der Waals surface area contributed by atoms with Crippen LogP contribution in [0.25, 0.3) is 11.5 Å². The van der Waals surface area contributed by atoms with Crippen molar-refractivity contribution in [3.05, 3.63) is 35.9 Å². The molecule has 108 valence electrons. The summed E-state index contributed by atoms with van der Waals surface area (Å²) in [6, 6.07) is 5.77. The van der Waals surface area contributed by atoms with Gasteiger partial charge < -0.3 is 14.7 Å². The number of halogens is 1. The van der Waals surface area contributed by atoms with Gasteiger partial charge in [0, 0.05) is 18.7 Å². The Kier molecular flexibility index (Phi) is 5.16. The largest absolute Gasteiger partial charge is 0.395 e. The van der Waals surface area contributed by atoms with Gasteiger partial charge in [0.05, 0.1) is 19.8 Å². The Morgan fingerprint density at radius 2 is 1.75 bits per heavy atom. The highest BCUT2D eigenvalue weighted by Crippen LogP contribution is 2.17. The number of aliphatic hydroxyl groups excluding tert-OH is 2. The van der Waals surface area contributed by atoms with E-state index >= 15 is 0 Å². The molecular formula is C13H16FN3O3. The van der Waals surface area contributed by atoms with Crippen LogP contribution < -0.4 is 0 Å². The molecule has 0 amide bonds. The van der Waals surface area contributed by atoms with Gasteiger partial charge in [-0.3, -0.25) is 4.90 Å². The summed E-state index contributed by atoms with van der Waals surface area (Å²) < 4.78 is 17.9. The molecule has 0 saturated carbocycles. The second kappa shape index (κ2) is 7.09. The average molecular weight is 281 g/mol. The normalized spacial score (nSPS) is 11.2. The summed E-state index contributed by atoms with van der Waals surface area (Å²) in [4.78, 5) is 6.01. The van der Waals surface area contributed by atoms with Gasteiger partial charge in [-0.25, -0.2) is 4.39 Å². The van der Waals surface area contributed by atoms with Crippen LogP contribution in [0.4, 0.5) is 4.39 Å². The van der Waals surface area contributed by atoms with E-state index in [1.165, 1.54) is 12.1 Å². The zero-order valence-corrected chi connectivity index (χ0v) is 10.9. The van der Waals surface area contributed by atoms with Crippen LogP contribution in [0, 0.1) is 5.82 Å². The molecule has 6 nitrogen and oxygen atoms in total. The Morgan fingerprint density at radius 1 is 1.10 bits per heavy atom. The SMILES string of the molecule is OCCN(CCO)Cc1noc(-c2ccc(F)cc2)n1. The van der Waals surface area contributed by atoms with Gasteiger partial charge in [0.1, 0.15) is 5.82 Å². The second-order valence-electron chi connectivity index (χ2n) is 4.25. The van der Waals surface area contributed by atoms with Crippen LogP contribution in [0.1, 0.15) is 5.82 Å². The van der Waals surface area contributed by atoms with Crippen molar-refractivity contribution in [3.8, 4) is 11.5 Å². The van der Waals surface area contributed by atoms with Crippen molar-refractivity contribution in [3.63, 3.8) is 0 Å². The van der Waals surface area contributed by atoms with Crippen LogP contribution in [0.2, 0.25) is 0 Å². The predicted octanol–water partition coefficient (Wildman–Crippen LogP) is 0.662. The Bertz CT molecular complexity index is 524. The molecule has 0 fully saturated rings. The summed E-state index contributed by atoms with van der Waals surface area (Å²) in [5.41, 5.74) is 0.640. The van der Waals surface area contributed by atoms with E-state index in [1.54, 1.807) is 17.0 Å². The van der Waals surface area contributed by atoms with Crippen molar-refractivity contribution in [2.45, 2.75) is 6.54 Å². The van der Waals surface area contributed by atoms with Crippen LogP contribution in [-0.2, 0) is 6.54 Å². The lowest BCUT2D eigenvalue weighted by Crippen LogP contribution is -2.29. The molecule has 0 spiro atoms. The van der Waals surface area contributed by atoms with E-state index in [1.807, 2.05) is 0 Å². The van der Waals surface area contributed by atoms with Crippen molar-refractivity contribution in [2.75, 3.05) is 26.3 Å². The van der Waals surface area contributed by atoms with E-state index in [9.17, 15) is 4.39 Å². The first-order valence-corrected chi connectivity index (χ1v) is 6.25. The number of hydrogen-bond acceptors (Lipinski definition) is 6. The summed E-state index contributed by atoms with van der Waals surface area (Å²) in [6.07, 6.45) is 0. The fraction of sp³-hybridized carbons (Fsp3) is 0.385. The van der Waals surface area contributed by atoms with Crippen molar-refractivity contribution >= 4 is 0 Å². The molecule has 0 atom stereocenters. The molecule has 0 bridgehead atoms. The number of aliphatic hydroxyl groups is 2. The van der Waals surface area contributed by atoms with Crippen LogP contribution in [0.5, 0.6) is 0 Å². The number of benzene rings is 1. The topological polar surface area (TPSA) is 82.6 Å². The first kappa shape index (κ1) is 14.6. The second-order valence-corrected chi connectivity index (χ2v) is 4.25. The smallest absolute Gasteiger partial charge is 0.257 e. The molecule has 1 aromatic heterocycles. The van der Waals surface area contributed by atoms with E-state index in [4.69, 9.17) is 14.7 Å². The molecule has 0 unspecified atom stereocenters. The van der Waals surface area contributed by atoms with Gasteiger partial charge in [0.2, 0.25) is 0 Å². The molecule has 20 heavy (non-hydrogen) atoms. The number of rotatable bonds is 7. The molecule has 0 aliphatic rings. The molecule has 1 aromatic carbocycles. The predicted molar refractivity (Wildman–Crippen MR) is 69.1 cm³/mol. The van der Waals surface area contributed by atoms with Crippen LogP contribution in [-0.4, -0.2) is 51.6 Å². The maximum atomic E-state index is 12.8. The van der Waals surface area contributed by atoms with E-state index in [0.29, 0.717) is 36.9 Å². The van der Waals surface area contributed by atoms with E-state index < -0.39 is 0 Å². The van der Waals surface area contributed by atoms with Gasteiger partial charge in [-0.05, 0) is 24.3 Å². The lowest BCUT2D eigenvalue weighted by molar-refractivity contribution is 0.152. The zero-order valence-electron chi connectivity index (χ0n) is 10.9. The Balaban J connectivity index is 2.06. The third-order valence-corrected chi connectivity index (χ3v) is 2.76. The molecule has 1 heterocycles. The molecule has 0 aliphatic carbocycles. The minimum atomic E-state index is -0.328. The maximum absolute atomic E-state index is 12.8. The fourth-order valence-electron chi connectivity index (χ4n) is 1.78. The lowest BCUT2D eigenvalue weighted by Gasteiger charge is -2.17. The zero-order chi connectivity index (χ0) is 14.4. The van der Waals surface area contributed by atoms with Gasteiger partial charge in [-0.2, -0.15) is 4.98 Å². The van der Waals surface area contributed by atoms with Gasteiger partial charge in [-0.1, -0.05) is 5.16 Å². The molecule has 2 N–H and O–H groups in total. The van der Waals surface area contributed by atoms with Crippen molar-refractivity contribution in [1.82, 2.24) is 15.0 Å². The highest BCUT2D eigenvalue weighted by molar-refractivity contribution is 5.52. The monoisotopic (exact) mass is 281 g/mol. The average Bonchev–Trinajstić information content (AvgIpc) is 2.89. The van der Waals surface area contributed by atoms with Crippen LogP contribution >= 0.6 is 0 Å². The summed E-state index contributed by atoms with van der Waals surface area (Å²) in [5.74, 6) is 0.435. The molecule has 7 heteroatoms. The Labute approximate surface area is 115 Å². The Hall–Kier alpha value is -1.83. The summed E-state index contributed by atoms with van der Waals surface area (Å²) in [5, 5.41) is 21.7. The van der Waals surface area contributed by atoms with Crippen molar-refractivity contribution < 1.29 is 19.1 Å². The standard InChI is InChI=1S/C13H16FN3O3/c14-11-3-1-10(2-4-11)13-15-12(16-20-13)9-17(5-7-18)6-8-19/h1-4,18-19H,5-9H2. The third-order valence-electron chi connectivity index (χ3n) is 2.76. The van der Waals surface area contributed by atoms with E-state index in [-0.39, 0.29) is 19.0 Å². The van der Waals surface area contributed by atoms with Crippen LogP contribution in [0.3, 0.4) is 0 Å². The number of nitrogens with zero attached hydrogens (tertiary/aromatic N) is 3. The summed E-state index contributed by atoms with van der Waals surface area (Å²) in [7, 11) is 0. The van der Waals surface area contributed by atoms with E-state index in [0.717, 1.165) is 0 Å². The van der Waals surface area contributed by atoms with Crippen LogP contribution in [0.15, 0.2) is 28.8 Å². The number of aromatic nitrogens is 2. The molecule has 2 rings (SSSR count). The molecule has 0 saturated heterocycles. The highest BCUT2D eigenvalue weighted by atomic mass is 19.1. The first-order chi connectivity index (χ1) is 9.72. The quantitative estimate of drug-likeness (QED) is 0.776. The third kappa shape index (κ3) is 3.83. The first-order valence-electron chi connectivity index (χ1n) is 6.25. The molecule has 0 aliphatic heterocycles. The molecular weight excluding hydrogens is 265 g/mol. The highest BCUT2D eigenvalue weighted by Gasteiger charge is 2.12. The summed E-state index contributed by atoms with van der Waals surface area (Å²) in [6.45, 7) is 1.18. The number of hydrogen-bond donors (Lipinski definition) is 2. The van der Waals surface area contributed by atoms with Gasteiger partial charge in [-0.15, -0.1) is 0 Å². The molecule has 2 aromatic rings. The van der Waals surface area contributed by atoms with Gasteiger partial charge >= 0.3 is 0 Å². The minimum Gasteiger partial charge on any atom is -0.395 e. The fourth-order valence-corrected chi connectivity index (χ4v) is 1.78. The van der Waals surface area contributed by atoms with Gasteiger partial charge in [0.25, 0.3) is 5.89 Å². The van der Waals surface area contributed by atoms with E-state index in [2.05, 4.69) is 10.1 Å².